The topological polar surface area (TPSA) is 18.5 Å². The average Bonchev–Trinajstić information content (AvgIpc) is 2.29. The van der Waals surface area contributed by atoms with Crippen molar-refractivity contribution >= 4 is 0 Å². The molecule has 0 aromatic heterocycles. The first-order valence-corrected chi connectivity index (χ1v) is 5.01. The van der Waals surface area contributed by atoms with Crippen LogP contribution in [-0.4, -0.2) is 13.4 Å². The van der Waals surface area contributed by atoms with Crippen LogP contribution in [0, 0.1) is 5.92 Å². The molecular formula is C12H18O2. The monoisotopic (exact) mass is 194 g/mol. The Kier molecular flexibility index (Phi) is 4.47. The highest BCUT2D eigenvalue weighted by molar-refractivity contribution is 5.28. The van der Waals surface area contributed by atoms with Crippen molar-refractivity contribution in [3.8, 4) is 0 Å². The standard InChI is InChI=1S/C12H18O2/c1-4-10(2)12-6-5-7-13-9-14-11(3)8-12/h5-6,8,10H,3-4,7,9H2,1-2H3/b6-5-,12-8+. The maximum Gasteiger partial charge on any atom is 0.189 e. The molecule has 2 heteroatoms. The Morgan fingerprint density at radius 1 is 1.57 bits per heavy atom. The smallest absolute Gasteiger partial charge is 0.189 e. The van der Waals surface area contributed by atoms with Crippen LogP contribution < -0.4 is 0 Å². The van der Waals surface area contributed by atoms with E-state index in [0.29, 0.717) is 18.3 Å². The summed E-state index contributed by atoms with van der Waals surface area (Å²) in [6.45, 7) is 9.06. The molecule has 0 aromatic rings. The lowest BCUT2D eigenvalue weighted by molar-refractivity contribution is -0.00601. The lowest BCUT2D eigenvalue weighted by Gasteiger charge is -2.10. The van der Waals surface area contributed by atoms with Crippen molar-refractivity contribution < 1.29 is 9.47 Å². The van der Waals surface area contributed by atoms with Crippen molar-refractivity contribution in [3.05, 3.63) is 36.1 Å². The van der Waals surface area contributed by atoms with Crippen molar-refractivity contribution in [2.24, 2.45) is 5.92 Å². The van der Waals surface area contributed by atoms with Gasteiger partial charge in [0.05, 0.1) is 6.61 Å². The molecular weight excluding hydrogens is 176 g/mol. The van der Waals surface area contributed by atoms with Crippen molar-refractivity contribution in [2.45, 2.75) is 20.3 Å². The molecule has 0 aromatic carbocycles. The molecule has 0 amide bonds. The van der Waals surface area contributed by atoms with E-state index in [-0.39, 0.29) is 6.79 Å². The summed E-state index contributed by atoms with van der Waals surface area (Å²) in [6.07, 6.45) is 7.21. The molecule has 1 unspecified atom stereocenters. The SMILES string of the molecule is C=C1/C=C(C(C)CC)\C=C/COCO1. The largest absolute Gasteiger partial charge is 0.468 e. The maximum atomic E-state index is 5.25. The fourth-order valence-electron chi connectivity index (χ4n) is 1.24. The lowest BCUT2D eigenvalue weighted by atomic mass is 9.97. The first-order valence-electron chi connectivity index (χ1n) is 5.01. The molecule has 1 aliphatic rings. The molecule has 0 N–H and O–H groups in total. The molecule has 0 saturated heterocycles. The Labute approximate surface area is 85.9 Å². The van der Waals surface area contributed by atoms with Crippen LogP contribution in [0.2, 0.25) is 0 Å². The molecule has 0 aliphatic carbocycles. The summed E-state index contributed by atoms with van der Waals surface area (Å²) >= 11 is 0. The van der Waals surface area contributed by atoms with Gasteiger partial charge in [-0.25, -0.2) is 0 Å². The van der Waals surface area contributed by atoms with Gasteiger partial charge in [0.15, 0.2) is 6.79 Å². The second-order valence-electron chi connectivity index (χ2n) is 3.46. The van der Waals surface area contributed by atoms with E-state index in [0.717, 1.165) is 6.42 Å². The van der Waals surface area contributed by atoms with Crippen LogP contribution in [-0.2, 0) is 9.47 Å². The molecule has 0 bridgehead atoms. The second-order valence-corrected chi connectivity index (χ2v) is 3.46. The molecule has 1 rings (SSSR count). The van der Waals surface area contributed by atoms with E-state index in [4.69, 9.17) is 9.47 Å². The van der Waals surface area contributed by atoms with Crippen LogP contribution in [0.15, 0.2) is 36.1 Å². The van der Waals surface area contributed by atoms with Crippen molar-refractivity contribution in [1.29, 1.82) is 0 Å². The second kappa shape index (κ2) is 5.66. The highest BCUT2D eigenvalue weighted by Gasteiger charge is 2.05. The predicted octanol–water partition coefficient (Wildman–Crippen LogP) is 3.03. The maximum absolute atomic E-state index is 5.25. The Morgan fingerprint density at radius 2 is 2.36 bits per heavy atom. The van der Waals surface area contributed by atoms with E-state index in [1.807, 2.05) is 12.2 Å². The number of hydrogen-bond acceptors (Lipinski definition) is 2. The quantitative estimate of drug-likeness (QED) is 0.672. The van der Waals surface area contributed by atoms with Crippen LogP contribution in [0.5, 0.6) is 0 Å². The summed E-state index contributed by atoms with van der Waals surface area (Å²) in [4.78, 5) is 0. The highest BCUT2D eigenvalue weighted by Crippen LogP contribution is 2.18. The van der Waals surface area contributed by atoms with Crippen LogP contribution >= 0.6 is 0 Å². The Bertz CT molecular complexity index is 251. The van der Waals surface area contributed by atoms with Gasteiger partial charge in [-0.2, -0.15) is 0 Å². The summed E-state index contributed by atoms with van der Waals surface area (Å²) in [5, 5.41) is 0. The van der Waals surface area contributed by atoms with Gasteiger partial charge in [-0.15, -0.1) is 0 Å². The van der Waals surface area contributed by atoms with Crippen LogP contribution in [0.25, 0.3) is 0 Å². The molecule has 78 valence electrons. The molecule has 0 radical (unpaired) electrons. The van der Waals surface area contributed by atoms with Gasteiger partial charge in [0.1, 0.15) is 5.76 Å². The minimum atomic E-state index is 0.285. The van der Waals surface area contributed by atoms with Gasteiger partial charge >= 0.3 is 0 Å². The van der Waals surface area contributed by atoms with E-state index >= 15 is 0 Å². The number of hydrogen-bond donors (Lipinski definition) is 0. The van der Waals surface area contributed by atoms with Crippen molar-refractivity contribution in [1.82, 2.24) is 0 Å². The zero-order chi connectivity index (χ0) is 10.4. The molecule has 2 nitrogen and oxygen atoms in total. The van der Waals surface area contributed by atoms with Crippen molar-refractivity contribution in [2.75, 3.05) is 13.4 Å². The fraction of sp³-hybridized carbons (Fsp3) is 0.500. The summed E-state index contributed by atoms with van der Waals surface area (Å²) < 4.78 is 10.4. The zero-order valence-corrected chi connectivity index (χ0v) is 8.95. The van der Waals surface area contributed by atoms with E-state index in [9.17, 15) is 0 Å². The third-order valence-corrected chi connectivity index (χ3v) is 2.36. The van der Waals surface area contributed by atoms with Gasteiger partial charge in [0.25, 0.3) is 0 Å². The Hall–Kier alpha value is -1.02. The van der Waals surface area contributed by atoms with Gasteiger partial charge in [-0.3, -0.25) is 0 Å². The molecule has 1 aliphatic heterocycles. The highest BCUT2D eigenvalue weighted by atomic mass is 16.7. The molecule has 1 atom stereocenters. The van der Waals surface area contributed by atoms with E-state index in [1.165, 1.54) is 5.57 Å². The van der Waals surface area contributed by atoms with Gasteiger partial charge in [-0.1, -0.05) is 32.6 Å². The Morgan fingerprint density at radius 3 is 3.07 bits per heavy atom. The molecule has 0 spiro atoms. The van der Waals surface area contributed by atoms with Gasteiger partial charge in [0, 0.05) is 0 Å². The van der Waals surface area contributed by atoms with Crippen LogP contribution in [0.1, 0.15) is 20.3 Å². The fourth-order valence-corrected chi connectivity index (χ4v) is 1.24. The minimum absolute atomic E-state index is 0.285. The van der Waals surface area contributed by atoms with E-state index in [2.05, 4.69) is 26.5 Å². The molecule has 0 saturated carbocycles. The van der Waals surface area contributed by atoms with Crippen molar-refractivity contribution in [3.63, 3.8) is 0 Å². The summed E-state index contributed by atoms with van der Waals surface area (Å²) in [7, 11) is 0. The van der Waals surface area contributed by atoms with Crippen LogP contribution in [0.3, 0.4) is 0 Å². The first-order chi connectivity index (χ1) is 6.74. The average molecular weight is 194 g/mol. The van der Waals surface area contributed by atoms with Crippen LogP contribution in [0.4, 0.5) is 0 Å². The Balaban J connectivity index is 2.77. The van der Waals surface area contributed by atoms with Gasteiger partial charge in [-0.05, 0) is 24.0 Å². The number of rotatable bonds is 2. The number of ether oxygens (including phenoxy) is 2. The molecule has 1 heterocycles. The van der Waals surface area contributed by atoms with Gasteiger partial charge < -0.3 is 9.47 Å². The first kappa shape index (κ1) is 11.1. The van der Waals surface area contributed by atoms with E-state index in [1.54, 1.807) is 0 Å². The molecule has 0 fully saturated rings. The predicted molar refractivity (Wildman–Crippen MR) is 57.7 cm³/mol. The third kappa shape index (κ3) is 3.38. The van der Waals surface area contributed by atoms with Gasteiger partial charge in [0.2, 0.25) is 0 Å². The lowest BCUT2D eigenvalue weighted by Crippen LogP contribution is -1.98. The van der Waals surface area contributed by atoms with E-state index < -0.39 is 0 Å². The zero-order valence-electron chi connectivity index (χ0n) is 8.95. The minimum Gasteiger partial charge on any atom is -0.468 e. The summed E-state index contributed by atoms with van der Waals surface area (Å²) in [5.41, 5.74) is 1.25. The molecule has 14 heavy (non-hydrogen) atoms. The normalized spacial score (nSPS) is 26.1. The third-order valence-electron chi connectivity index (χ3n) is 2.36. The summed E-state index contributed by atoms with van der Waals surface area (Å²) in [6, 6.07) is 0. The number of allylic oxidation sites excluding steroid dienone is 3. The summed E-state index contributed by atoms with van der Waals surface area (Å²) in [5.74, 6) is 1.21.